The minimum atomic E-state index is -0.925. The van der Waals surface area contributed by atoms with E-state index in [9.17, 15) is 19.2 Å². The van der Waals surface area contributed by atoms with E-state index in [2.05, 4.69) is 0 Å². The Kier molecular flexibility index (Phi) is 11.1. The summed E-state index contributed by atoms with van der Waals surface area (Å²) in [6.07, 6.45) is 4.96. The molecule has 8 nitrogen and oxygen atoms in total. The Hall–Kier alpha value is -2.38. The normalized spacial score (nSPS) is 27.5. The summed E-state index contributed by atoms with van der Waals surface area (Å²) in [7, 11) is 0. The number of hydrogen-bond acceptors (Lipinski definition) is 8. The minimum absolute atomic E-state index is 0.209. The van der Waals surface area contributed by atoms with E-state index in [-0.39, 0.29) is 26.4 Å². The number of esters is 4. The molecule has 4 atom stereocenters. The molecule has 1 fully saturated rings. The SMILES string of the molecule is CCCOC(=O)C1C2C=C(CC)C(C1C(=O)OCCC)C(C(=O)OCCC)C2C(=O)OCCC. The van der Waals surface area contributed by atoms with Gasteiger partial charge in [-0.05, 0) is 32.1 Å². The number of fused-ring (bicyclic) bond motifs is 2. The molecule has 0 amide bonds. The minimum Gasteiger partial charge on any atom is -0.465 e. The molecule has 0 saturated heterocycles. The van der Waals surface area contributed by atoms with E-state index >= 15 is 0 Å². The lowest BCUT2D eigenvalue weighted by atomic mass is 9.50. The molecular formula is C26H40O8. The van der Waals surface area contributed by atoms with Crippen molar-refractivity contribution in [2.24, 2.45) is 35.5 Å². The third-order valence-corrected chi connectivity index (χ3v) is 6.50. The van der Waals surface area contributed by atoms with Gasteiger partial charge in [-0.3, -0.25) is 19.2 Å². The third-order valence-electron chi connectivity index (χ3n) is 6.50. The van der Waals surface area contributed by atoms with Crippen molar-refractivity contribution in [2.75, 3.05) is 26.4 Å². The Labute approximate surface area is 202 Å². The number of hydrogen-bond donors (Lipinski definition) is 0. The maximum Gasteiger partial charge on any atom is 0.310 e. The molecule has 3 aliphatic rings. The van der Waals surface area contributed by atoms with Crippen LogP contribution in [-0.2, 0) is 38.1 Å². The van der Waals surface area contributed by atoms with Gasteiger partial charge in [-0.15, -0.1) is 0 Å². The van der Waals surface area contributed by atoms with E-state index in [4.69, 9.17) is 18.9 Å². The van der Waals surface area contributed by atoms with Crippen LogP contribution in [0.4, 0.5) is 0 Å². The quantitative estimate of drug-likeness (QED) is 0.222. The van der Waals surface area contributed by atoms with Gasteiger partial charge in [-0.25, -0.2) is 0 Å². The largest absolute Gasteiger partial charge is 0.465 e. The first-order valence-corrected chi connectivity index (χ1v) is 12.7. The molecule has 0 aromatic rings. The zero-order valence-electron chi connectivity index (χ0n) is 21.2. The third kappa shape index (κ3) is 5.99. The summed E-state index contributed by atoms with van der Waals surface area (Å²) in [5, 5.41) is 0. The first kappa shape index (κ1) is 27.9. The fraction of sp³-hybridized carbons (Fsp3) is 0.769. The Balaban J connectivity index is 2.60. The second kappa shape index (κ2) is 13.5. The molecule has 1 saturated carbocycles. The van der Waals surface area contributed by atoms with Crippen LogP contribution in [0.15, 0.2) is 11.6 Å². The molecule has 0 aliphatic heterocycles. The first-order chi connectivity index (χ1) is 16.4. The van der Waals surface area contributed by atoms with E-state index in [0.717, 1.165) is 5.57 Å². The average Bonchev–Trinajstić information content (AvgIpc) is 2.85. The molecule has 0 radical (unpaired) electrons. The molecule has 0 heterocycles. The summed E-state index contributed by atoms with van der Waals surface area (Å²) in [5.41, 5.74) is 0.862. The Morgan fingerprint density at radius 2 is 0.912 bits per heavy atom. The topological polar surface area (TPSA) is 105 Å². The number of rotatable bonds is 13. The zero-order valence-corrected chi connectivity index (χ0v) is 21.2. The van der Waals surface area contributed by atoms with Crippen LogP contribution in [-0.4, -0.2) is 50.3 Å². The summed E-state index contributed by atoms with van der Waals surface area (Å²) in [6, 6.07) is 0. The van der Waals surface area contributed by atoms with Crippen LogP contribution in [0.3, 0.4) is 0 Å². The van der Waals surface area contributed by atoms with Gasteiger partial charge in [-0.2, -0.15) is 0 Å². The van der Waals surface area contributed by atoms with E-state index in [1.54, 1.807) is 0 Å². The van der Waals surface area contributed by atoms with Crippen LogP contribution in [0, 0.1) is 35.5 Å². The van der Waals surface area contributed by atoms with Crippen LogP contribution in [0.2, 0.25) is 0 Å². The highest BCUT2D eigenvalue weighted by molar-refractivity contribution is 5.90. The number of ether oxygens (including phenoxy) is 4. The van der Waals surface area contributed by atoms with Crippen molar-refractivity contribution in [3.63, 3.8) is 0 Å². The second-order valence-corrected chi connectivity index (χ2v) is 8.97. The van der Waals surface area contributed by atoms with Gasteiger partial charge in [-0.1, -0.05) is 46.3 Å². The van der Waals surface area contributed by atoms with Gasteiger partial charge in [0.2, 0.25) is 0 Å². The summed E-state index contributed by atoms with van der Waals surface area (Å²) >= 11 is 0. The second-order valence-electron chi connectivity index (χ2n) is 8.97. The molecule has 4 unspecified atom stereocenters. The molecule has 34 heavy (non-hydrogen) atoms. The predicted molar refractivity (Wildman–Crippen MR) is 124 cm³/mol. The van der Waals surface area contributed by atoms with Crippen LogP contribution in [0.5, 0.6) is 0 Å². The van der Waals surface area contributed by atoms with Gasteiger partial charge in [0.05, 0.1) is 50.1 Å². The molecule has 0 aromatic carbocycles. The van der Waals surface area contributed by atoms with Crippen molar-refractivity contribution in [1.29, 1.82) is 0 Å². The van der Waals surface area contributed by atoms with Crippen LogP contribution in [0.1, 0.15) is 66.7 Å². The first-order valence-electron chi connectivity index (χ1n) is 12.7. The summed E-state index contributed by atoms with van der Waals surface area (Å²) in [6.45, 7) is 10.3. The molecular weight excluding hydrogens is 440 g/mol. The van der Waals surface area contributed by atoms with Crippen LogP contribution < -0.4 is 0 Å². The number of carbonyl (C=O) groups excluding carboxylic acids is 4. The summed E-state index contributed by atoms with van der Waals surface area (Å²) in [4.78, 5) is 53.1. The maximum absolute atomic E-state index is 13.3. The summed E-state index contributed by atoms with van der Waals surface area (Å²) in [5.74, 6) is -7.27. The van der Waals surface area contributed by atoms with E-state index < -0.39 is 59.4 Å². The Bertz CT molecular complexity index is 706. The highest BCUT2D eigenvalue weighted by Gasteiger charge is 2.64. The monoisotopic (exact) mass is 480 g/mol. The van der Waals surface area contributed by atoms with Gasteiger partial charge in [0.25, 0.3) is 0 Å². The van der Waals surface area contributed by atoms with E-state index in [1.165, 1.54) is 0 Å². The smallest absolute Gasteiger partial charge is 0.310 e. The predicted octanol–water partition coefficient (Wildman–Crippen LogP) is 3.86. The lowest BCUT2D eigenvalue weighted by Gasteiger charge is -2.51. The molecule has 0 spiro atoms. The van der Waals surface area contributed by atoms with Crippen molar-refractivity contribution in [1.82, 2.24) is 0 Å². The molecule has 0 aromatic heterocycles. The zero-order chi connectivity index (χ0) is 25.3. The molecule has 8 heteroatoms. The van der Waals surface area contributed by atoms with E-state index in [0.29, 0.717) is 32.1 Å². The molecule has 0 N–H and O–H groups in total. The fourth-order valence-corrected chi connectivity index (χ4v) is 5.14. The molecule has 192 valence electrons. The molecule has 3 rings (SSSR count). The Morgan fingerprint density at radius 1 is 0.588 bits per heavy atom. The number of allylic oxidation sites excluding steroid dienone is 2. The molecule has 3 aliphatic carbocycles. The lowest BCUT2D eigenvalue weighted by Crippen LogP contribution is -2.59. The van der Waals surface area contributed by atoms with Crippen molar-refractivity contribution < 1.29 is 38.1 Å². The van der Waals surface area contributed by atoms with E-state index in [1.807, 2.05) is 40.7 Å². The van der Waals surface area contributed by atoms with Gasteiger partial charge in [0, 0.05) is 11.8 Å². The highest BCUT2D eigenvalue weighted by atomic mass is 16.5. The fourth-order valence-electron chi connectivity index (χ4n) is 5.14. The molecule has 2 bridgehead atoms. The van der Waals surface area contributed by atoms with Crippen molar-refractivity contribution in [3.05, 3.63) is 11.6 Å². The van der Waals surface area contributed by atoms with Gasteiger partial charge in [0.15, 0.2) is 0 Å². The van der Waals surface area contributed by atoms with Gasteiger partial charge < -0.3 is 18.9 Å². The number of carbonyl (C=O) groups is 4. The summed E-state index contributed by atoms with van der Waals surface area (Å²) < 4.78 is 21.9. The highest BCUT2D eigenvalue weighted by Crippen LogP contribution is 2.56. The van der Waals surface area contributed by atoms with Crippen molar-refractivity contribution >= 4 is 23.9 Å². The van der Waals surface area contributed by atoms with Crippen molar-refractivity contribution in [2.45, 2.75) is 66.7 Å². The standard InChI is InChI=1S/C26H40O8/c1-6-11-31-23(27)19-17-15-16(10-5)18(21(19)25(29)33-13-8-3)22(26(30)34-14-9-4)20(17)24(28)32-12-7-2/h15,17-22H,6-14H2,1-5H3. The lowest BCUT2D eigenvalue weighted by molar-refractivity contribution is -0.186. The van der Waals surface area contributed by atoms with Crippen molar-refractivity contribution in [3.8, 4) is 0 Å². The van der Waals surface area contributed by atoms with Crippen LogP contribution in [0.25, 0.3) is 0 Å². The maximum atomic E-state index is 13.3. The van der Waals surface area contributed by atoms with Gasteiger partial charge >= 0.3 is 23.9 Å². The van der Waals surface area contributed by atoms with Crippen LogP contribution >= 0.6 is 0 Å². The Morgan fingerprint density at radius 3 is 1.21 bits per heavy atom. The van der Waals surface area contributed by atoms with Gasteiger partial charge in [0.1, 0.15) is 0 Å². The average molecular weight is 481 g/mol.